The fourth-order valence-electron chi connectivity index (χ4n) is 1.60. The Labute approximate surface area is 119 Å². The number of carbonyl (C=O) groups excluding carboxylic acids is 1. The van der Waals surface area contributed by atoms with Crippen LogP contribution in [0.3, 0.4) is 0 Å². The van der Waals surface area contributed by atoms with Gasteiger partial charge in [0.05, 0.1) is 5.56 Å². The van der Waals surface area contributed by atoms with E-state index in [1.54, 1.807) is 18.2 Å². The molecule has 2 rings (SSSR count). The molecule has 19 heavy (non-hydrogen) atoms. The lowest BCUT2D eigenvalue weighted by Crippen LogP contribution is -2.13. The minimum Gasteiger partial charge on any atom is -0.488 e. The maximum atomic E-state index is 11.3. The Bertz CT molecular complexity index is 597. The van der Waals surface area contributed by atoms with E-state index >= 15 is 0 Å². The van der Waals surface area contributed by atoms with Gasteiger partial charge in [-0.25, -0.2) is 0 Å². The van der Waals surface area contributed by atoms with Gasteiger partial charge in [0.25, 0.3) is 5.91 Å². The zero-order valence-electron chi connectivity index (χ0n) is 10.1. The number of nitrogens with two attached hydrogens (primary N) is 2. The van der Waals surface area contributed by atoms with Gasteiger partial charge >= 0.3 is 0 Å². The first kappa shape index (κ1) is 13.4. The van der Waals surface area contributed by atoms with Crippen molar-refractivity contribution in [1.29, 1.82) is 0 Å². The van der Waals surface area contributed by atoms with Crippen LogP contribution in [0, 0.1) is 0 Å². The first-order valence-corrected chi connectivity index (χ1v) is 6.42. The summed E-state index contributed by atoms with van der Waals surface area (Å²) in [6.45, 7) is 0.344. The lowest BCUT2D eigenvalue weighted by atomic mass is 10.1. The van der Waals surface area contributed by atoms with E-state index in [1.165, 1.54) is 0 Å². The molecule has 2 aromatic rings. The van der Waals surface area contributed by atoms with Gasteiger partial charge in [0.2, 0.25) is 0 Å². The molecule has 0 heterocycles. The number of rotatable bonds is 4. The molecule has 0 aromatic heterocycles. The van der Waals surface area contributed by atoms with Gasteiger partial charge in [-0.1, -0.05) is 28.1 Å². The predicted molar refractivity (Wildman–Crippen MR) is 77.8 cm³/mol. The summed E-state index contributed by atoms with van der Waals surface area (Å²) in [5.41, 5.74) is 12.8. The molecule has 0 unspecified atom stereocenters. The van der Waals surface area contributed by atoms with Crippen LogP contribution in [-0.4, -0.2) is 5.91 Å². The highest BCUT2D eigenvalue weighted by atomic mass is 79.9. The van der Waals surface area contributed by atoms with E-state index in [4.69, 9.17) is 16.2 Å². The fourth-order valence-corrected chi connectivity index (χ4v) is 1.87. The molecule has 1 amide bonds. The maximum Gasteiger partial charge on any atom is 0.252 e. The summed E-state index contributed by atoms with van der Waals surface area (Å²) in [6.07, 6.45) is 0. The molecule has 2 aromatic carbocycles. The zero-order valence-corrected chi connectivity index (χ0v) is 11.7. The third kappa shape index (κ3) is 3.48. The van der Waals surface area contributed by atoms with Gasteiger partial charge in [-0.3, -0.25) is 4.79 Å². The van der Waals surface area contributed by atoms with Crippen LogP contribution in [0.5, 0.6) is 5.75 Å². The molecule has 0 spiro atoms. The van der Waals surface area contributed by atoms with Crippen molar-refractivity contribution in [3.05, 3.63) is 58.1 Å². The molecule has 4 N–H and O–H groups in total. The molecule has 0 aliphatic carbocycles. The molecule has 98 valence electrons. The van der Waals surface area contributed by atoms with E-state index in [0.29, 0.717) is 23.6 Å². The molecule has 0 bridgehead atoms. The second kappa shape index (κ2) is 5.75. The Kier molecular flexibility index (Phi) is 4.06. The standard InChI is InChI=1S/C14H13BrN2O2/c15-10-3-1-9(2-4-10)8-19-13-7-11(16)5-6-12(13)14(17)18/h1-7H,8,16H2,(H2,17,18). The van der Waals surface area contributed by atoms with E-state index in [1.807, 2.05) is 24.3 Å². The molecule has 0 atom stereocenters. The SMILES string of the molecule is NC(=O)c1ccc(N)cc1OCc1ccc(Br)cc1. The Balaban J connectivity index is 2.16. The summed E-state index contributed by atoms with van der Waals surface area (Å²) >= 11 is 3.36. The lowest BCUT2D eigenvalue weighted by Gasteiger charge is -2.10. The summed E-state index contributed by atoms with van der Waals surface area (Å²) < 4.78 is 6.61. The minimum atomic E-state index is -0.536. The minimum absolute atomic E-state index is 0.325. The van der Waals surface area contributed by atoms with E-state index in [-0.39, 0.29) is 0 Å². The van der Waals surface area contributed by atoms with Crippen LogP contribution < -0.4 is 16.2 Å². The van der Waals surface area contributed by atoms with Crippen molar-refractivity contribution in [3.63, 3.8) is 0 Å². The lowest BCUT2D eigenvalue weighted by molar-refractivity contribution is 0.0996. The van der Waals surface area contributed by atoms with Crippen LogP contribution in [0.1, 0.15) is 15.9 Å². The molecule has 5 heteroatoms. The van der Waals surface area contributed by atoms with Crippen LogP contribution >= 0.6 is 15.9 Å². The number of benzene rings is 2. The molecule has 0 saturated heterocycles. The van der Waals surface area contributed by atoms with Gasteiger partial charge in [0, 0.05) is 16.2 Å². The Morgan fingerprint density at radius 1 is 1.16 bits per heavy atom. The third-order valence-electron chi connectivity index (χ3n) is 2.58. The highest BCUT2D eigenvalue weighted by Crippen LogP contribution is 2.23. The van der Waals surface area contributed by atoms with Gasteiger partial charge < -0.3 is 16.2 Å². The number of hydrogen-bond acceptors (Lipinski definition) is 3. The summed E-state index contributed by atoms with van der Waals surface area (Å²) in [4.78, 5) is 11.3. The van der Waals surface area contributed by atoms with Crippen molar-refractivity contribution in [3.8, 4) is 5.75 Å². The highest BCUT2D eigenvalue weighted by molar-refractivity contribution is 9.10. The van der Waals surface area contributed by atoms with Crippen LogP contribution in [-0.2, 0) is 6.61 Å². The number of amides is 1. The summed E-state index contributed by atoms with van der Waals surface area (Å²) in [6, 6.07) is 12.5. The molecule has 0 aliphatic heterocycles. The summed E-state index contributed by atoms with van der Waals surface area (Å²) in [5, 5.41) is 0. The highest BCUT2D eigenvalue weighted by Gasteiger charge is 2.09. The summed E-state index contributed by atoms with van der Waals surface area (Å²) in [7, 11) is 0. The zero-order chi connectivity index (χ0) is 13.8. The summed E-state index contributed by atoms with van der Waals surface area (Å²) in [5.74, 6) is -0.138. The van der Waals surface area contributed by atoms with Crippen molar-refractivity contribution in [1.82, 2.24) is 0 Å². The number of primary amides is 1. The monoisotopic (exact) mass is 320 g/mol. The quantitative estimate of drug-likeness (QED) is 0.850. The van der Waals surface area contributed by atoms with Crippen LogP contribution in [0.4, 0.5) is 5.69 Å². The van der Waals surface area contributed by atoms with E-state index in [2.05, 4.69) is 15.9 Å². The largest absolute Gasteiger partial charge is 0.488 e. The van der Waals surface area contributed by atoms with Gasteiger partial charge in [-0.2, -0.15) is 0 Å². The third-order valence-corrected chi connectivity index (χ3v) is 3.11. The van der Waals surface area contributed by atoms with Gasteiger partial charge in [-0.05, 0) is 29.8 Å². The normalized spacial score (nSPS) is 10.2. The van der Waals surface area contributed by atoms with Crippen molar-refractivity contribution >= 4 is 27.5 Å². The smallest absolute Gasteiger partial charge is 0.252 e. The average Bonchev–Trinajstić information content (AvgIpc) is 2.38. The second-order valence-corrected chi connectivity index (χ2v) is 4.95. The van der Waals surface area contributed by atoms with E-state index in [0.717, 1.165) is 10.0 Å². The predicted octanol–water partition coefficient (Wildman–Crippen LogP) is 2.71. The number of halogens is 1. The molecular formula is C14H13BrN2O2. The van der Waals surface area contributed by atoms with Gasteiger partial charge in [-0.15, -0.1) is 0 Å². The number of anilines is 1. The van der Waals surface area contributed by atoms with Crippen LogP contribution in [0.15, 0.2) is 46.9 Å². The van der Waals surface area contributed by atoms with E-state index < -0.39 is 5.91 Å². The van der Waals surface area contributed by atoms with Crippen LogP contribution in [0.2, 0.25) is 0 Å². The van der Waals surface area contributed by atoms with Crippen molar-refractivity contribution in [2.24, 2.45) is 5.73 Å². The van der Waals surface area contributed by atoms with Crippen molar-refractivity contribution in [2.45, 2.75) is 6.61 Å². The maximum absolute atomic E-state index is 11.3. The number of carbonyl (C=O) groups is 1. The molecule has 0 saturated carbocycles. The molecule has 0 aliphatic rings. The topological polar surface area (TPSA) is 78.3 Å². The molecule has 4 nitrogen and oxygen atoms in total. The number of nitrogen functional groups attached to an aromatic ring is 1. The first-order valence-electron chi connectivity index (χ1n) is 5.63. The molecule has 0 fully saturated rings. The first-order chi connectivity index (χ1) is 9.06. The molecular weight excluding hydrogens is 308 g/mol. The fraction of sp³-hybridized carbons (Fsp3) is 0.0714. The van der Waals surface area contributed by atoms with Crippen molar-refractivity contribution < 1.29 is 9.53 Å². The Morgan fingerprint density at radius 2 is 1.84 bits per heavy atom. The second-order valence-electron chi connectivity index (χ2n) is 4.03. The number of ether oxygens (including phenoxy) is 1. The van der Waals surface area contributed by atoms with Crippen LogP contribution in [0.25, 0.3) is 0 Å². The van der Waals surface area contributed by atoms with E-state index in [9.17, 15) is 4.79 Å². The number of hydrogen-bond donors (Lipinski definition) is 2. The van der Waals surface area contributed by atoms with Gasteiger partial charge in [0.1, 0.15) is 12.4 Å². The van der Waals surface area contributed by atoms with Gasteiger partial charge in [0.15, 0.2) is 0 Å². The average molecular weight is 321 g/mol. The van der Waals surface area contributed by atoms with Crippen molar-refractivity contribution in [2.75, 3.05) is 5.73 Å². The Hall–Kier alpha value is -2.01. The molecule has 0 radical (unpaired) electrons. The Morgan fingerprint density at radius 3 is 2.47 bits per heavy atom.